The highest BCUT2D eigenvalue weighted by molar-refractivity contribution is 6.31. The fraction of sp³-hybridized carbons (Fsp3) is 0.167. The number of pyridine rings is 1. The highest BCUT2D eigenvalue weighted by atomic mass is 35.5. The Morgan fingerprint density at radius 1 is 1.57 bits per heavy atom. The van der Waals surface area contributed by atoms with Crippen LogP contribution >= 0.6 is 11.6 Å². The summed E-state index contributed by atoms with van der Waals surface area (Å²) in [6, 6.07) is 0.496. The molecule has 0 amide bonds. The topological polar surface area (TPSA) is 56.0 Å². The Morgan fingerprint density at radius 2 is 2.14 bits per heavy atom. The molecular formula is C6H2ClF3N2O2. The third-order valence-corrected chi connectivity index (χ3v) is 1.66. The van der Waals surface area contributed by atoms with Gasteiger partial charge in [0.1, 0.15) is 5.56 Å². The molecule has 1 rings (SSSR count). The van der Waals surface area contributed by atoms with Crippen molar-refractivity contribution in [3.63, 3.8) is 0 Å². The zero-order valence-corrected chi connectivity index (χ0v) is 7.13. The summed E-state index contributed by atoms with van der Waals surface area (Å²) in [6.07, 6.45) is -3.17. The lowest BCUT2D eigenvalue weighted by molar-refractivity contribution is -0.391. The Labute approximate surface area is 80.5 Å². The van der Waals surface area contributed by atoms with Gasteiger partial charge in [-0.1, -0.05) is 11.6 Å². The summed E-state index contributed by atoms with van der Waals surface area (Å²) in [5.41, 5.74) is -1.07. The first-order valence-corrected chi connectivity index (χ1v) is 3.59. The van der Waals surface area contributed by atoms with Gasteiger partial charge in [-0.3, -0.25) is 0 Å². The van der Waals surface area contributed by atoms with Gasteiger partial charge in [0.2, 0.25) is 0 Å². The maximum absolute atomic E-state index is 12.5. The zero-order chi connectivity index (χ0) is 10.9. The fourth-order valence-electron chi connectivity index (χ4n) is 0.824. The van der Waals surface area contributed by atoms with Crippen molar-refractivity contribution in [1.82, 2.24) is 4.98 Å². The van der Waals surface area contributed by atoms with Crippen molar-refractivity contribution < 1.29 is 18.1 Å². The minimum absolute atomic E-state index is 0.496. The summed E-state index contributed by atoms with van der Waals surface area (Å²) in [6.45, 7) is 0. The Kier molecular flexibility index (Phi) is 2.90. The molecule has 0 radical (unpaired) electrons. The van der Waals surface area contributed by atoms with Crippen molar-refractivity contribution in [2.75, 3.05) is 0 Å². The van der Waals surface area contributed by atoms with E-state index in [0.717, 1.165) is 0 Å². The number of nitrogens with zero attached hydrogens (tertiary/aromatic N) is 2. The highest BCUT2D eigenvalue weighted by Gasteiger charge is 2.28. The second-order valence-electron chi connectivity index (χ2n) is 2.22. The molecule has 0 unspecified atom stereocenters. The predicted molar refractivity (Wildman–Crippen MR) is 40.8 cm³/mol. The third kappa shape index (κ3) is 1.92. The number of nitro groups is 1. The maximum Gasteiger partial charge on any atom is 0.377 e. The van der Waals surface area contributed by atoms with Gasteiger partial charge in [-0.2, -0.15) is 4.39 Å². The summed E-state index contributed by atoms with van der Waals surface area (Å²) >= 11 is 5.21. The number of halogens is 4. The lowest BCUT2D eigenvalue weighted by Crippen LogP contribution is -2.01. The monoisotopic (exact) mass is 226 g/mol. The summed E-state index contributed by atoms with van der Waals surface area (Å²) in [5.74, 6) is -2.53. The van der Waals surface area contributed by atoms with Crippen LogP contribution in [0.2, 0.25) is 5.02 Å². The van der Waals surface area contributed by atoms with Crippen LogP contribution in [0.1, 0.15) is 12.0 Å². The Hall–Kier alpha value is -1.37. The van der Waals surface area contributed by atoms with Crippen LogP contribution in [0.25, 0.3) is 0 Å². The number of aromatic nitrogens is 1. The quantitative estimate of drug-likeness (QED) is 0.443. The van der Waals surface area contributed by atoms with Gasteiger partial charge in [-0.15, -0.1) is 0 Å². The van der Waals surface area contributed by atoms with E-state index in [0.29, 0.717) is 6.07 Å². The molecule has 0 N–H and O–H groups in total. The van der Waals surface area contributed by atoms with Gasteiger partial charge in [-0.05, 0) is 9.91 Å². The highest BCUT2D eigenvalue weighted by Crippen LogP contribution is 2.33. The zero-order valence-electron chi connectivity index (χ0n) is 6.38. The molecule has 0 saturated heterocycles. The van der Waals surface area contributed by atoms with Crippen LogP contribution in [0.15, 0.2) is 6.07 Å². The Morgan fingerprint density at radius 3 is 2.57 bits per heavy atom. The molecular weight excluding hydrogens is 225 g/mol. The first-order valence-electron chi connectivity index (χ1n) is 3.22. The molecule has 0 fully saturated rings. The van der Waals surface area contributed by atoms with Gasteiger partial charge in [0.15, 0.2) is 0 Å². The second-order valence-corrected chi connectivity index (χ2v) is 2.63. The predicted octanol–water partition coefficient (Wildman–Crippen LogP) is 2.72. The lowest BCUT2D eigenvalue weighted by atomic mass is 10.2. The molecule has 0 aliphatic heterocycles. The van der Waals surface area contributed by atoms with Crippen LogP contribution in [0.4, 0.5) is 19.0 Å². The molecule has 0 aliphatic rings. The van der Waals surface area contributed by atoms with Crippen LogP contribution < -0.4 is 0 Å². The summed E-state index contributed by atoms with van der Waals surface area (Å²) < 4.78 is 36.9. The summed E-state index contributed by atoms with van der Waals surface area (Å²) in [5, 5.41) is 9.51. The minimum Gasteiger partial charge on any atom is -0.358 e. The van der Waals surface area contributed by atoms with Gasteiger partial charge in [0.05, 0.1) is 5.02 Å². The van der Waals surface area contributed by atoms with Crippen LogP contribution in [-0.2, 0) is 0 Å². The summed E-state index contributed by atoms with van der Waals surface area (Å²) in [4.78, 5) is 11.7. The van der Waals surface area contributed by atoms with E-state index in [1.54, 1.807) is 0 Å². The average Bonchev–Trinajstić information content (AvgIpc) is 2.01. The molecule has 0 saturated carbocycles. The fourth-order valence-corrected chi connectivity index (χ4v) is 1.08. The largest absolute Gasteiger partial charge is 0.377 e. The van der Waals surface area contributed by atoms with Crippen LogP contribution in [-0.4, -0.2) is 9.91 Å². The average molecular weight is 227 g/mol. The van der Waals surface area contributed by atoms with Crippen LogP contribution in [0.5, 0.6) is 0 Å². The van der Waals surface area contributed by atoms with E-state index in [2.05, 4.69) is 4.98 Å². The standard InChI is InChI=1S/C6H2ClF3N2O2/c7-2-1-3(8)11-6(12(13)14)4(2)5(9)10/h1,5H. The molecule has 1 aromatic rings. The smallest absolute Gasteiger partial charge is 0.358 e. The third-order valence-electron chi connectivity index (χ3n) is 1.35. The molecule has 1 aromatic heterocycles. The molecule has 4 nitrogen and oxygen atoms in total. The first kappa shape index (κ1) is 10.7. The first-order chi connectivity index (χ1) is 6.43. The number of hydrogen-bond acceptors (Lipinski definition) is 3. The van der Waals surface area contributed by atoms with Crippen molar-refractivity contribution in [3.05, 3.63) is 32.7 Å². The van der Waals surface area contributed by atoms with Gasteiger partial charge in [0, 0.05) is 6.07 Å². The van der Waals surface area contributed by atoms with Crippen molar-refractivity contribution in [3.8, 4) is 0 Å². The maximum atomic E-state index is 12.5. The second kappa shape index (κ2) is 3.79. The van der Waals surface area contributed by atoms with Gasteiger partial charge >= 0.3 is 11.8 Å². The molecule has 8 heteroatoms. The molecule has 14 heavy (non-hydrogen) atoms. The molecule has 1 heterocycles. The van der Waals surface area contributed by atoms with E-state index in [9.17, 15) is 23.3 Å². The van der Waals surface area contributed by atoms with Crippen LogP contribution in [0, 0.1) is 16.1 Å². The van der Waals surface area contributed by atoms with E-state index in [4.69, 9.17) is 11.6 Å². The summed E-state index contributed by atoms with van der Waals surface area (Å²) in [7, 11) is 0. The van der Waals surface area contributed by atoms with E-state index >= 15 is 0 Å². The van der Waals surface area contributed by atoms with E-state index in [1.165, 1.54) is 0 Å². The van der Waals surface area contributed by atoms with Crippen molar-refractivity contribution >= 4 is 17.4 Å². The van der Waals surface area contributed by atoms with Crippen molar-refractivity contribution in [1.29, 1.82) is 0 Å². The molecule has 0 aromatic carbocycles. The normalized spacial score (nSPS) is 10.6. The molecule has 0 aliphatic carbocycles. The van der Waals surface area contributed by atoms with Gasteiger partial charge in [0.25, 0.3) is 6.43 Å². The Balaban J connectivity index is 3.44. The van der Waals surface area contributed by atoms with Gasteiger partial charge < -0.3 is 10.1 Å². The molecule has 0 atom stereocenters. The van der Waals surface area contributed by atoms with Crippen LogP contribution in [0.3, 0.4) is 0 Å². The number of rotatable bonds is 2. The SMILES string of the molecule is O=[N+]([O-])c1nc(F)cc(Cl)c1C(F)F. The van der Waals surface area contributed by atoms with Crippen molar-refractivity contribution in [2.45, 2.75) is 6.43 Å². The molecule has 0 bridgehead atoms. The lowest BCUT2D eigenvalue weighted by Gasteiger charge is -2.02. The van der Waals surface area contributed by atoms with Gasteiger partial charge in [-0.25, -0.2) is 8.78 Å². The van der Waals surface area contributed by atoms with E-state index in [1.807, 2.05) is 0 Å². The molecule has 0 spiro atoms. The van der Waals surface area contributed by atoms with E-state index in [-0.39, 0.29) is 0 Å². The Bertz CT molecular complexity index is 386. The number of hydrogen-bond donors (Lipinski definition) is 0. The molecule has 76 valence electrons. The minimum atomic E-state index is -3.17. The van der Waals surface area contributed by atoms with E-state index < -0.39 is 33.7 Å². The van der Waals surface area contributed by atoms with Crippen molar-refractivity contribution in [2.24, 2.45) is 0 Å². The number of alkyl halides is 2.